The van der Waals surface area contributed by atoms with Crippen molar-refractivity contribution in [1.82, 2.24) is 0 Å². The third kappa shape index (κ3) is 2.75. The first-order valence-electron chi connectivity index (χ1n) is 13.8. The van der Waals surface area contributed by atoms with E-state index >= 15 is 0 Å². The predicted molar refractivity (Wildman–Crippen MR) is 133 cm³/mol. The summed E-state index contributed by atoms with van der Waals surface area (Å²) in [6, 6.07) is 0. The molecule has 6 unspecified atom stereocenters. The highest BCUT2D eigenvalue weighted by atomic mass is 16.4. The average Bonchev–Trinajstić information content (AvgIpc) is 3.08. The summed E-state index contributed by atoms with van der Waals surface area (Å²) in [6.45, 7) is 18.4. The quantitative estimate of drug-likeness (QED) is 0.436. The van der Waals surface area contributed by atoms with Crippen LogP contribution >= 0.6 is 0 Å². The van der Waals surface area contributed by atoms with Crippen LogP contribution in [0.15, 0.2) is 12.2 Å². The second-order valence-corrected chi connectivity index (χ2v) is 14.6. The second-order valence-electron chi connectivity index (χ2n) is 14.6. The molecule has 0 radical (unpaired) electrons. The Hall–Kier alpha value is -0.830. The molecule has 0 aliphatic heterocycles. The fourth-order valence-corrected chi connectivity index (χ4v) is 11.6. The van der Waals surface area contributed by atoms with Gasteiger partial charge in [0.25, 0.3) is 0 Å². The molecule has 10 atom stereocenters. The first-order chi connectivity index (χ1) is 15.3. The molecule has 5 aliphatic rings. The Morgan fingerprint density at radius 3 is 2.18 bits per heavy atom. The minimum Gasteiger partial charge on any atom is -0.481 e. The molecule has 5 fully saturated rings. The van der Waals surface area contributed by atoms with Crippen LogP contribution in [0.3, 0.4) is 0 Å². The summed E-state index contributed by atoms with van der Waals surface area (Å²) in [5.74, 6) is 1.60. The zero-order chi connectivity index (χ0) is 24.2. The number of allylic oxidation sites excluding steroid dienone is 1. The number of aliphatic hydroxyl groups excluding tert-OH is 1. The molecule has 0 heterocycles. The summed E-state index contributed by atoms with van der Waals surface area (Å²) in [7, 11) is 0. The summed E-state index contributed by atoms with van der Waals surface area (Å²) in [5.41, 5.74) is 0.780. The molecule has 5 rings (SSSR count). The molecule has 33 heavy (non-hydrogen) atoms. The van der Waals surface area contributed by atoms with Gasteiger partial charge in [-0.3, -0.25) is 4.79 Å². The zero-order valence-electron chi connectivity index (χ0n) is 22.0. The maximum Gasteiger partial charge on any atom is 0.310 e. The van der Waals surface area contributed by atoms with Crippen LogP contribution < -0.4 is 0 Å². The number of hydrogen-bond donors (Lipinski definition) is 2. The molecular weight excluding hydrogens is 408 g/mol. The van der Waals surface area contributed by atoms with E-state index in [1.54, 1.807) is 0 Å². The molecule has 3 heteroatoms. The van der Waals surface area contributed by atoms with Gasteiger partial charge >= 0.3 is 5.97 Å². The summed E-state index contributed by atoms with van der Waals surface area (Å²) in [4.78, 5) is 13.5. The molecular formula is C30H48O3. The van der Waals surface area contributed by atoms with E-state index in [0.717, 1.165) is 51.4 Å². The van der Waals surface area contributed by atoms with Gasteiger partial charge in [-0.05, 0) is 122 Å². The largest absolute Gasteiger partial charge is 0.481 e. The highest BCUT2D eigenvalue weighted by Gasteiger charge is 2.74. The van der Waals surface area contributed by atoms with Gasteiger partial charge in [-0.1, -0.05) is 46.8 Å². The molecule has 0 bridgehead atoms. The number of fused-ring (bicyclic) bond motifs is 7. The van der Waals surface area contributed by atoms with Crippen LogP contribution in [0.1, 0.15) is 106 Å². The normalized spacial score (nSPS) is 55.0. The molecule has 3 nitrogen and oxygen atoms in total. The minimum absolute atomic E-state index is 0.0940. The zero-order valence-corrected chi connectivity index (χ0v) is 22.0. The lowest BCUT2D eigenvalue weighted by Gasteiger charge is -2.72. The molecule has 0 saturated heterocycles. The van der Waals surface area contributed by atoms with Crippen LogP contribution in [-0.4, -0.2) is 22.3 Å². The van der Waals surface area contributed by atoms with Crippen molar-refractivity contribution in [2.45, 2.75) is 112 Å². The van der Waals surface area contributed by atoms with E-state index in [-0.39, 0.29) is 33.7 Å². The summed E-state index contributed by atoms with van der Waals surface area (Å²) < 4.78 is 0. The van der Waals surface area contributed by atoms with E-state index in [1.807, 2.05) is 0 Å². The lowest BCUT2D eigenvalue weighted by molar-refractivity contribution is -0.253. The van der Waals surface area contributed by atoms with E-state index in [4.69, 9.17) is 0 Å². The van der Waals surface area contributed by atoms with E-state index in [0.29, 0.717) is 23.7 Å². The van der Waals surface area contributed by atoms with Crippen molar-refractivity contribution in [1.29, 1.82) is 0 Å². The molecule has 0 amide bonds. The maximum atomic E-state index is 13.5. The maximum absolute atomic E-state index is 13.5. The van der Waals surface area contributed by atoms with Crippen molar-refractivity contribution < 1.29 is 15.0 Å². The van der Waals surface area contributed by atoms with E-state index in [1.165, 1.54) is 18.4 Å². The van der Waals surface area contributed by atoms with Gasteiger partial charge in [-0.15, -0.1) is 0 Å². The topological polar surface area (TPSA) is 57.5 Å². The number of carboxylic acid groups (broad SMARTS) is 1. The van der Waals surface area contributed by atoms with Gasteiger partial charge in [0.2, 0.25) is 0 Å². The first kappa shape index (κ1) is 23.9. The minimum atomic E-state index is -0.619. The summed E-state index contributed by atoms with van der Waals surface area (Å²) in [5, 5.41) is 22.0. The van der Waals surface area contributed by atoms with E-state index < -0.39 is 11.4 Å². The van der Waals surface area contributed by atoms with Crippen molar-refractivity contribution in [2.75, 3.05) is 0 Å². The van der Waals surface area contributed by atoms with Crippen molar-refractivity contribution in [3.63, 3.8) is 0 Å². The molecule has 5 aliphatic carbocycles. The Morgan fingerprint density at radius 2 is 1.55 bits per heavy atom. The molecule has 0 aromatic carbocycles. The first-order valence-corrected chi connectivity index (χ1v) is 13.8. The Kier molecular flexibility index (Phi) is 5.15. The summed E-state index contributed by atoms with van der Waals surface area (Å²) in [6.07, 6.45) is 10.2. The van der Waals surface area contributed by atoms with Gasteiger partial charge in [0, 0.05) is 0 Å². The predicted octanol–water partition coefficient (Wildman–Crippen LogP) is 7.09. The molecule has 0 aromatic heterocycles. The van der Waals surface area contributed by atoms with E-state index in [9.17, 15) is 15.0 Å². The fourth-order valence-electron chi connectivity index (χ4n) is 11.6. The Labute approximate surface area is 201 Å². The smallest absolute Gasteiger partial charge is 0.310 e. The van der Waals surface area contributed by atoms with Crippen molar-refractivity contribution in [3.8, 4) is 0 Å². The van der Waals surface area contributed by atoms with Gasteiger partial charge in [0.15, 0.2) is 0 Å². The van der Waals surface area contributed by atoms with Gasteiger partial charge in [0.1, 0.15) is 0 Å². The van der Waals surface area contributed by atoms with Crippen LogP contribution in [0.5, 0.6) is 0 Å². The van der Waals surface area contributed by atoms with Crippen LogP contribution in [0.4, 0.5) is 0 Å². The Morgan fingerprint density at radius 1 is 0.848 bits per heavy atom. The monoisotopic (exact) mass is 456 g/mol. The molecule has 186 valence electrons. The fraction of sp³-hybridized carbons (Fsp3) is 0.900. The lowest BCUT2D eigenvalue weighted by atomic mass is 9.32. The number of aliphatic hydroxyl groups is 1. The SMILES string of the molecule is C=C(C)C1CC[C@]2(C)CC[C@]3(C(=O)O)C(CCC4[C@@]5(C)CCC(O)C(C)(C)C5CC[C@]43C)C12. The summed E-state index contributed by atoms with van der Waals surface area (Å²) >= 11 is 0. The second kappa shape index (κ2) is 7.11. The third-order valence-corrected chi connectivity index (χ3v) is 13.2. The van der Waals surface area contributed by atoms with Gasteiger partial charge < -0.3 is 10.2 Å². The van der Waals surface area contributed by atoms with Crippen molar-refractivity contribution in [2.24, 2.45) is 56.7 Å². The number of rotatable bonds is 2. The van der Waals surface area contributed by atoms with Gasteiger partial charge in [-0.2, -0.15) is 0 Å². The molecule has 5 saturated carbocycles. The lowest BCUT2D eigenvalue weighted by Crippen LogP contribution is -2.69. The van der Waals surface area contributed by atoms with Crippen LogP contribution in [-0.2, 0) is 4.79 Å². The molecule has 0 aromatic rings. The Balaban J connectivity index is 1.62. The number of hydrogen-bond acceptors (Lipinski definition) is 2. The molecule has 2 N–H and O–H groups in total. The van der Waals surface area contributed by atoms with Crippen LogP contribution in [0, 0.1) is 56.7 Å². The van der Waals surface area contributed by atoms with Crippen molar-refractivity contribution in [3.05, 3.63) is 12.2 Å². The standard InChI is InChI=1S/C30H48O3/c1-18(2)19-10-13-27(5)16-17-30(25(32)33)20(24(19)27)8-9-22-28(6)14-12-23(31)26(3,4)21(28)11-15-29(22,30)7/h19-24,31H,1,8-17H2,2-7H3,(H,32,33)/t19?,20?,21?,22?,23?,24?,27-,28+,29-,30-/m1/s1. The number of carbonyl (C=O) groups is 1. The van der Waals surface area contributed by atoms with E-state index in [2.05, 4.69) is 48.1 Å². The van der Waals surface area contributed by atoms with Gasteiger partial charge in [-0.25, -0.2) is 0 Å². The van der Waals surface area contributed by atoms with Crippen molar-refractivity contribution >= 4 is 5.97 Å². The molecule has 0 spiro atoms. The third-order valence-electron chi connectivity index (χ3n) is 13.2. The van der Waals surface area contributed by atoms with Crippen LogP contribution in [0.2, 0.25) is 0 Å². The number of carboxylic acids is 1. The highest BCUT2D eigenvalue weighted by molar-refractivity contribution is 5.77. The van der Waals surface area contributed by atoms with Gasteiger partial charge in [0.05, 0.1) is 11.5 Å². The Bertz CT molecular complexity index is 861. The van der Waals surface area contributed by atoms with Crippen LogP contribution in [0.25, 0.3) is 0 Å². The average molecular weight is 457 g/mol. The highest BCUT2D eigenvalue weighted by Crippen LogP contribution is 2.77. The number of aliphatic carboxylic acids is 1.